The fourth-order valence-corrected chi connectivity index (χ4v) is 3.81. The number of likely N-dealkylation sites (tertiary alicyclic amines) is 1. The predicted octanol–water partition coefficient (Wildman–Crippen LogP) is 3.15. The molecule has 0 bridgehead atoms. The third-order valence-electron chi connectivity index (χ3n) is 3.43. The molecule has 6 heteroatoms. The van der Waals surface area contributed by atoms with E-state index in [0.717, 1.165) is 27.1 Å². The van der Waals surface area contributed by atoms with Crippen molar-refractivity contribution in [3.05, 3.63) is 20.3 Å². The molecule has 1 N–H and O–H groups in total. The Balaban J connectivity index is 1.94. The number of nitrogens with zero attached hydrogens (tertiary/aromatic N) is 1. The SMILES string of the molecule is Cc1cc(C(=O)N2CCC(CC(=O)O)CC2)sc1Br. The largest absolute Gasteiger partial charge is 0.481 e. The Hall–Kier alpha value is -0.880. The van der Waals surface area contributed by atoms with Crippen molar-refractivity contribution in [1.29, 1.82) is 0 Å². The highest BCUT2D eigenvalue weighted by atomic mass is 79.9. The van der Waals surface area contributed by atoms with E-state index in [-0.39, 0.29) is 18.2 Å². The highest BCUT2D eigenvalue weighted by molar-refractivity contribution is 9.11. The van der Waals surface area contributed by atoms with Crippen molar-refractivity contribution in [3.8, 4) is 0 Å². The van der Waals surface area contributed by atoms with E-state index in [4.69, 9.17) is 5.11 Å². The molecule has 0 spiro atoms. The average molecular weight is 346 g/mol. The molecule has 104 valence electrons. The lowest BCUT2D eigenvalue weighted by molar-refractivity contribution is -0.138. The van der Waals surface area contributed by atoms with Gasteiger partial charge in [0, 0.05) is 19.5 Å². The zero-order chi connectivity index (χ0) is 14.0. The number of hydrogen-bond donors (Lipinski definition) is 1. The minimum atomic E-state index is -0.748. The quantitative estimate of drug-likeness (QED) is 0.915. The van der Waals surface area contributed by atoms with Gasteiger partial charge in [-0.1, -0.05) is 0 Å². The van der Waals surface area contributed by atoms with E-state index >= 15 is 0 Å². The van der Waals surface area contributed by atoms with Crippen LogP contribution in [0.5, 0.6) is 0 Å². The van der Waals surface area contributed by atoms with Gasteiger partial charge in [-0.15, -0.1) is 11.3 Å². The summed E-state index contributed by atoms with van der Waals surface area (Å²) in [4.78, 5) is 25.5. The molecule has 0 aromatic carbocycles. The fourth-order valence-electron chi connectivity index (χ4n) is 2.31. The molecule has 2 rings (SSSR count). The monoisotopic (exact) mass is 345 g/mol. The first-order chi connectivity index (χ1) is 8.97. The van der Waals surface area contributed by atoms with Crippen LogP contribution in [0.1, 0.15) is 34.5 Å². The molecule has 19 heavy (non-hydrogen) atoms. The van der Waals surface area contributed by atoms with Crippen molar-refractivity contribution in [1.82, 2.24) is 4.90 Å². The van der Waals surface area contributed by atoms with Gasteiger partial charge in [-0.05, 0) is 53.2 Å². The Kier molecular flexibility index (Phi) is 4.62. The van der Waals surface area contributed by atoms with Crippen molar-refractivity contribution >= 4 is 39.1 Å². The molecule has 1 aromatic heterocycles. The van der Waals surface area contributed by atoms with Gasteiger partial charge in [0.2, 0.25) is 0 Å². The van der Waals surface area contributed by atoms with Crippen LogP contribution in [-0.4, -0.2) is 35.0 Å². The second kappa shape index (κ2) is 6.05. The Morgan fingerprint density at radius 1 is 1.47 bits per heavy atom. The van der Waals surface area contributed by atoms with Crippen LogP contribution in [0.2, 0.25) is 0 Å². The maximum absolute atomic E-state index is 12.3. The Morgan fingerprint density at radius 3 is 2.58 bits per heavy atom. The number of piperidine rings is 1. The molecule has 1 fully saturated rings. The molecular formula is C13H16BrNO3S. The summed E-state index contributed by atoms with van der Waals surface area (Å²) in [6.45, 7) is 3.28. The molecule has 0 atom stereocenters. The van der Waals surface area contributed by atoms with E-state index in [9.17, 15) is 9.59 Å². The highest BCUT2D eigenvalue weighted by Gasteiger charge is 2.26. The molecule has 0 aliphatic carbocycles. The number of carboxylic acid groups (broad SMARTS) is 1. The van der Waals surface area contributed by atoms with Crippen molar-refractivity contribution in [2.75, 3.05) is 13.1 Å². The summed E-state index contributed by atoms with van der Waals surface area (Å²) >= 11 is 4.89. The first-order valence-corrected chi connectivity index (χ1v) is 7.85. The zero-order valence-electron chi connectivity index (χ0n) is 10.7. The Bertz CT molecular complexity index is 473. The zero-order valence-corrected chi connectivity index (χ0v) is 13.1. The van der Waals surface area contributed by atoms with E-state index in [1.165, 1.54) is 11.3 Å². The Morgan fingerprint density at radius 2 is 2.11 bits per heavy atom. The van der Waals surface area contributed by atoms with Gasteiger partial charge in [-0.2, -0.15) is 0 Å². The van der Waals surface area contributed by atoms with Gasteiger partial charge >= 0.3 is 5.97 Å². The van der Waals surface area contributed by atoms with Crippen LogP contribution in [-0.2, 0) is 4.79 Å². The average Bonchev–Trinajstić information content (AvgIpc) is 2.69. The summed E-state index contributed by atoms with van der Waals surface area (Å²) in [5.41, 5.74) is 1.08. The molecule has 1 aliphatic rings. The number of carboxylic acids is 1. The van der Waals surface area contributed by atoms with Crippen molar-refractivity contribution < 1.29 is 14.7 Å². The maximum atomic E-state index is 12.3. The predicted molar refractivity (Wildman–Crippen MR) is 77.6 cm³/mol. The van der Waals surface area contributed by atoms with Gasteiger partial charge in [-0.25, -0.2) is 0 Å². The first-order valence-electron chi connectivity index (χ1n) is 6.24. The van der Waals surface area contributed by atoms with Gasteiger partial charge < -0.3 is 10.0 Å². The minimum Gasteiger partial charge on any atom is -0.481 e. The number of hydrogen-bond acceptors (Lipinski definition) is 3. The van der Waals surface area contributed by atoms with Crippen LogP contribution in [0.25, 0.3) is 0 Å². The molecule has 0 saturated carbocycles. The maximum Gasteiger partial charge on any atom is 0.303 e. The molecule has 4 nitrogen and oxygen atoms in total. The summed E-state index contributed by atoms with van der Waals surface area (Å²) in [5, 5.41) is 8.77. The summed E-state index contributed by atoms with van der Waals surface area (Å²) in [5.74, 6) is -0.478. The van der Waals surface area contributed by atoms with Gasteiger partial charge in [0.1, 0.15) is 0 Å². The highest BCUT2D eigenvalue weighted by Crippen LogP contribution is 2.29. The van der Waals surface area contributed by atoms with Crippen molar-refractivity contribution in [2.45, 2.75) is 26.2 Å². The van der Waals surface area contributed by atoms with E-state index < -0.39 is 5.97 Å². The molecule has 1 aromatic rings. The van der Waals surface area contributed by atoms with Crippen LogP contribution in [0.4, 0.5) is 0 Å². The van der Waals surface area contributed by atoms with Crippen LogP contribution in [0.15, 0.2) is 9.85 Å². The summed E-state index contributed by atoms with van der Waals surface area (Å²) in [6.07, 6.45) is 1.78. The number of halogens is 1. The number of carbonyl (C=O) groups excluding carboxylic acids is 1. The van der Waals surface area contributed by atoms with Gasteiger partial charge in [-0.3, -0.25) is 9.59 Å². The third kappa shape index (κ3) is 3.57. The molecule has 1 saturated heterocycles. The third-order valence-corrected chi connectivity index (χ3v) is 5.56. The van der Waals surface area contributed by atoms with Gasteiger partial charge in [0.15, 0.2) is 0 Å². The second-order valence-electron chi connectivity index (χ2n) is 4.90. The number of aryl methyl sites for hydroxylation is 1. The van der Waals surface area contributed by atoms with Crippen molar-refractivity contribution in [2.24, 2.45) is 5.92 Å². The van der Waals surface area contributed by atoms with E-state index in [1.54, 1.807) is 0 Å². The Labute approximate surface area is 124 Å². The molecule has 1 aliphatic heterocycles. The van der Waals surface area contributed by atoms with E-state index in [1.807, 2.05) is 17.9 Å². The van der Waals surface area contributed by atoms with Crippen LogP contribution in [0.3, 0.4) is 0 Å². The number of aliphatic carboxylic acids is 1. The molecule has 0 radical (unpaired) electrons. The molecular weight excluding hydrogens is 330 g/mol. The summed E-state index contributed by atoms with van der Waals surface area (Å²) < 4.78 is 0.997. The molecule has 2 heterocycles. The number of amides is 1. The van der Waals surface area contributed by atoms with E-state index in [2.05, 4.69) is 15.9 Å². The lowest BCUT2D eigenvalue weighted by atomic mass is 9.93. The van der Waals surface area contributed by atoms with E-state index in [0.29, 0.717) is 13.1 Å². The summed E-state index contributed by atoms with van der Waals surface area (Å²) in [7, 11) is 0. The standard InChI is InChI=1S/C13H16BrNO3S/c1-8-6-10(19-12(8)14)13(18)15-4-2-9(3-5-15)7-11(16)17/h6,9H,2-5,7H2,1H3,(H,16,17). The minimum absolute atomic E-state index is 0.0626. The van der Waals surface area contributed by atoms with Gasteiger partial charge in [0.05, 0.1) is 8.66 Å². The van der Waals surface area contributed by atoms with Gasteiger partial charge in [0.25, 0.3) is 5.91 Å². The first kappa shape index (κ1) is 14.5. The van der Waals surface area contributed by atoms with Crippen LogP contribution >= 0.6 is 27.3 Å². The van der Waals surface area contributed by atoms with Crippen LogP contribution < -0.4 is 0 Å². The fraction of sp³-hybridized carbons (Fsp3) is 0.538. The number of rotatable bonds is 3. The normalized spacial score (nSPS) is 16.6. The summed E-state index contributed by atoms with van der Waals surface area (Å²) in [6, 6.07) is 1.90. The van der Waals surface area contributed by atoms with Crippen LogP contribution in [0, 0.1) is 12.8 Å². The molecule has 1 amide bonds. The number of thiophene rings is 1. The van der Waals surface area contributed by atoms with Crippen molar-refractivity contribution in [3.63, 3.8) is 0 Å². The lowest BCUT2D eigenvalue weighted by Crippen LogP contribution is -2.38. The number of carbonyl (C=O) groups is 2. The molecule has 0 unspecified atom stereocenters. The topological polar surface area (TPSA) is 57.6 Å². The second-order valence-corrected chi connectivity index (χ2v) is 7.27. The smallest absolute Gasteiger partial charge is 0.303 e. The lowest BCUT2D eigenvalue weighted by Gasteiger charge is -2.31.